The molecule has 4 N–H and O–H groups in total. The normalized spacial score (nSPS) is 13.9. The number of rotatable bonds is 8. The first-order valence-corrected chi connectivity index (χ1v) is 11.7. The first kappa shape index (κ1) is 25.0. The third kappa shape index (κ3) is 6.32. The van der Waals surface area contributed by atoms with Gasteiger partial charge in [-0.2, -0.15) is 5.10 Å². The standard InChI is InChI=1S/C25H29N7O4/c1-31-8-10-32(11-9-31)23(34)14-17-3-2-4-18(13-17)20-15-21(25(36)30-29-20)28-22-6-5-19(16-27-22)24(35)26-7-12-33/h2-6,13,15-16,33H,7-12,14H2,1H3,(H,26,35)(H,30,36)(H,27,28,29). The molecule has 3 heterocycles. The minimum atomic E-state index is -0.424. The van der Waals surface area contributed by atoms with E-state index < -0.39 is 5.56 Å². The zero-order chi connectivity index (χ0) is 25.5. The van der Waals surface area contributed by atoms with Crippen molar-refractivity contribution < 1.29 is 14.7 Å². The number of carbonyl (C=O) groups is 2. The van der Waals surface area contributed by atoms with E-state index in [1.807, 2.05) is 29.2 Å². The van der Waals surface area contributed by atoms with Crippen LogP contribution in [0.3, 0.4) is 0 Å². The van der Waals surface area contributed by atoms with Crippen LogP contribution in [-0.2, 0) is 11.2 Å². The van der Waals surface area contributed by atoms with Crippen molar-refractivity contribution in [3.05, 3.63) is 70.1 Å². The highest BCUT2D eigenvalue weighted by Gasteiger charge is 2.19. The van der Waals surface area contributed by atoms with Crippen LogP contribution < -0.4 is 16.2 Å². The number of aromatic nitrogens is 3. The molecule has 0 aliphatic carbocycles. The van der Waals surface area contributed by atoms with Crippen molar-refractivity contribution in [2.75, 3.05) is 51.7 Å². The molecule has 11 nitrogen and oxygen atoms in total. The first-order chi connectivity index (χ1) is 17.4. The summed E-state index contributed by atoms with van der Waals surface area (Å²) >= 11 is 0. The van der Waals surface area contributed by atoms with Gasteiger partial charge < -0.3 is 25.5 Å². The van der Waals surface area contributed by atoms with E-state index >= 15 is 0 Å². The number of aliphatic hydroxyl groups excluding tert-OH is 1. The summed E-state index contributed by atoms with van der Waals surface area (Å²) in [5.74, 6) is 0.123. The van der Waals surface area contributed by atoms with Gasteiger partial charge in [0.05, 0.1) is 24.3 Å². The summed E-state index contributed by atoms with van der Waals surface area (Å²) < 4.78 is 0. The van der Waals surface area contributed by atoms with Crippen molar-refractivity contribution >= 4 is 23.3 Å². The molecule has 3 aromatic rings. The second-order valence-corrected chi connectivity index (χ2v) is 8.59. The molecule has 2 amide bonds. The van der Waals surface area contributed by atoms with E-state index in [1.165, 1.54) is 6.20 Å². The Hall–Kier alpha value is -4.09. The lowest BCUT2D eigenvalue weighted by atomic mass is 10.0. The summed E-state index contributed by atoms with van der Waals surface area (Å²) in [7, 11) is 2.05. The van der Waals surface area contributed by atoms with Crippen LogP contribution >= 0.6 is 0 Å². The number of aliphatic hydroxyl groups is 1. The monoisotopic (exact) mass is 491 g/mol. The van der Waals surface area contributed by atoms with E-state index in [9.17, 15) is 14.4 Å². The Morgan fingerprint density at radius 1 is 1.11 bits per heavy atom. The highest BCUT2D eigenvalue weighted by Crippen LogP contribution is 2.21. The quantitative estimate of drug-likeness (QED) is 0.359. The number of nitrogens with one attached hydrogen (secondary N) is 3. The number of anilines is 2. The summed E-state index contributed by atoms with van der Waals surface area (Å²) in [6.45, 7) is 3.21. The average molecular weight is 492 g/mol. The molecule has 0 atom stereocenters. The molecule has 2 aromatic heterocycles. The van der Waals surface area contributed by atoms with Crippen molar-refractivity contribution in [2.45, 2.75) is 6.42 Å². The predicted octanol–water partition coefficient (Wildman–Crippen LogP) is 0.614. The molecule has 1 aliphatic heterocycles. The number of likely N-dealkylation sites (N-methyl/N-ethyl adjacent to an activating group) is 1. The fourth-order valence-electron chi connectivity index (χ4n) is 3.84. The number of H-pyrrole nitrogens is 1. The van der Waals surface area contributed by atoms with Crippen molar-refractivity contribution in [2.24, 2.45) is 0 Å². The number of piperazine rings is 1. The molecule has 0 bridgehead atoms. The van der Waals surface area contributed by atoms with E-state index in [-0.39, 0.29) is 30.7 Å². The molecule has 0 unspecified atom stereocenters. The van der Waals surface area contributed by atoms with Crippen molar-refractivity contribution in [1.82, 2.24) is 30.3 Å². The molecule has 0 saturated carbocycles. The number of pyridine rings is 1. The van der Waals surface area contributed by atoms with E-state index in [2.05, 4.69) is 37.8 Å². The fourth-order valence-corrected chi connectivity index (χ4v) is 3.84. The van der Waals surface area contributed by atoms with Crippen LogP contribution in [0, 0.1) is 0 Å². The van der Waals surface area contributed by atoms with Gasteiger partial charge in [0.25, 0.3) is 11.5 Å². The highest BCUT2D eigenvalue weighted by molar-refractivity contribution is 5.94. The van der Waals surface area contributed by atoms with Gasteiger partial charge >= 0.3 is 0 Å². The highest BCUT2D eigenvalue weighted by atomic mass is 16.3. The Kier molecular flexibility index (Phi) is 8.03. The van der Waals surface area contributed by atoms with Crippen molar-refractivity contribution in [3.8, 4) is 11.3 Å². The van der Waals surface area contributed by atoms with E-state index in [0.717, 1.165) is 37.3 Å². The Labute approximate surface area is 208 Å². The van der Waals surface area contributed by atoms with Gasteiger partial charge in [0.2, 0.25) is 5.91 Å². The predicted molar refractivity (Wildman–Crippen MR) is 135 cm³/mol. The second kappa shape index (κ2) is 11.6. The lowest BCUT2D eigenvalue weighted by molar-refractivity contribution is -0.132. The molecule has 36 heavy (non-hydrogen) atoms. The Morgan fingerprint density at radius 3 is 2.64 bits per heavy atom. The fraction of sp³-hybridized carbons (Fsp3) is 0.320. The third-order valence-corrected chi connectivity index (χ3v) is 5.92. The molecule has 1 aliphatic rings. The van der Waals surface area contributed by atoms with Crippen LogP contribution in [0.5, 0.6) is 0 Å². The number of amides is 2. The Bertz CT molecular complexity index is 1270. The van der Waals surface area contributed by atoms with E-state index in [0.29, 0.717) is 23.5 Å². The zero-order valence-electron chi connectivity index (χ0n) is 20.0. The maximum absolute atomic E-state index is 12.7. The molecule has 1 saturated heterocycles. The van der Waals surface area contributed by atoms with E-state index in [1.54, 1.807) is 18.2 Å². The Morgan fingerprint density at radius 2 is 1.92 bits per heavy atom. The van der Waals surface area contributed by atoms with Gasteiger partial charge in [0.1, 0.15) is 11.5 Å². The van der Waals surface area contributed by atoms with E-state index in [4.69, 9.17) is 5.11 Å². The summed E-state index contributed by atoms with van der Waals surface area (Å²) in [6.07, 6.45) is 1.68. The third-order valence-electron chi connectivity index (χ3n) is 5.92. The lowest BCUT2D eigenvalue weighted by Crippen LogP contribution is -2.47. The van der Waals surface area contributed by atoms with Gasteiger partial charge in [-0.25, -0.2) is 10.1 Å². The summed E-state index contributed by atoms with van der Waals surface area (Å²) in [5.41, 5.74) is 2.32. The molecule has 11 heteroatoms. The van der Waals surface area contributed by atoms with Gasteiger partial charge in [-0.15, -0.1) is 0 Å². The van der Waals surface area contributed by atoms with Crippen LogP contribution in [0.1, 0.15) is 15.9 Å². The number of nitrogens with zero attached hydrogens (tertiary/aromatic N) is 4. The van der Waals surface area contributed by atoms with Gasteiger partial charge in [0.15, 0.2) is 0 Å². The van der Waals surface area contributed by atoms with Crippen LogP contribution in [0.2, 0.25) is 0 Å². The van der Waals surface area contributed by atoms with Gasteiger partial charge in [-0.05, 0) is 36.9 Å². The maximum atomic E-state index is 12.7. The maximum Gasteiger partial charge on any atom is 0.287 e. The number of benzene rings is 1. The Balaban J connectivity index is 1.46. The molecule has 4 rings (SSSR count). The largest absolute Gasteiger partial charge is 0.395 e. The molecular formula is C25H29N7O4. The molecule has 188 valence electrons. The number of aromatic amines is 1. The smallest absolute Gasteiger partial charge is 0.287 e. The minimum absolute atomic E-state index is 0.0941. The average Bonchev–Trinajstić information content (AvgIpc) is 2.89. The first-order valence-electron chi connectivity index (χ1n) is 11.7. The molecule has 1 aromatic carbocycles. The number of hydrogen-bond donors (Lipinski definition) is 4. The molecular weight excluding hydrogens is 462 g/mol. The summed E-state index contributed by atoms with van der Waals surface area (Å²) in [4.78, 5) is 45.3. The number of carbonyl (C=O) groups excluding carboxylic acids is 2. The SMILES string of the molecule is CN1CCN(C(=O)Cc2cccc(-c3cc(Nc4ccc(C(=O)NCCO)cn4)c(=O)[nH]n3)c2)CC1. The van der Waals surface area contributed by atoms with Crippen LogP contribution in [0.4, 0.5) is 11.5 Å². The summed E-state index contributed by atoms with van der Waals surface area (Å²) in [6, 6.07) is 12.3. The van der Waals surface area contributed by atoms with Crippen LogP contribution in [0.15, 0.2) is 53.5 Å². The molecule has 0 spiro atoms. The lowest BCUT2D eigenvalue weighted by Gasteiger charge is -2.32. The zero-order valence-corrected chi connectivity index (χ0v) is 20.0. The van der Waals surface area contributed by atoms with Crippen LogP contribution in [-0.4, -0.2) is 88.3 Å². The topological polar surface area (TPSA) is 144 Å². The van der Waals surface area contributed by atoms with Crippen molar-refractivity contribution in [3.63, 3.8) is 0 Å². The minimum Gasteiger partial charge on any atom is -0.395 e. The number of hydrogen-bond acceptors (Lipinski definition) is 8. The molecule has 1 fully saturated rings. The molecule has 0 radical (unpaired) electrons. The van der Waals surface area contributed by atoms with Crippen molar-refractivity contribution in [1.29, 1.82) is 0 Å². The van der Waals surface area contributed by atoms with Gasteiger partial charge in [-0.3, -0.25) is 14.4 Å². The second-order valence-electron chi connectivity index (χ2n) is 8.59. The van der Waals surface area contributed by atoms with Gasteiger partial charge in [0, 0.05) is 44.5 Å². The summed E-state index contributed by atoms with van der Waals surface area (Å²) in [5, 5.41) is 21.0. The van der Waals surface area contributed by atoms with Crippen LogP contribution in [0.25, 0.3) is 11.3 Å². The van der Waals surface area contributed by atoms with Gasteiger partial charge in [-0.1, -0.05) is 18.2 Å².